The molecule has 0 bridgehead atoms. The van der Waals surface area contributed by atoms with Gasteiger partial charge in [0.2, 0.25) is 0 Å². The molecule has 0 aliphatic rings. The van der Waals surface area contributed by atoms with Crippen molar-refractivity contribution in [2.75, 3.05) is 0 Å². The van der Waals surface area contributed by atoms with Gasteiger partial charge >= 0.3 is 11.9 Å². The lowest BCUT2D eigenvalue weighted by Crippen LogP contribution is -2.00. The first-order chi connectivity index (χ1) is 15.6. The molecule has 0 atom stereocenters. The van der Waals surface area contributed by atoms with E-state index >= 15 is 0 Å². The Bertz CT molecular complexity index is 1150. The number of esters is 2. The highest BCUT2D eigenvalue weighted by atomic mass is 19.1. The predicted octanol–water partition coefficient (Wildman–Crippen LogP) is 5.71. The Balaban J connectivity index is 2.11. The zero-order valence-corrected chi connectivity index (χ0v) is 17.7. The van der Waals surface area contributed by atoms with Crippen LogP contribution in [-0.4, -0.2) is 11.9 Å². The molecule has 0 saturated heterocycles. The number of ether oxygens (including phenoxy) is 4. The molecule has 6 nitrogen and oxygen atoms in total. The molecule has 172 valence electrons. The van der Waals surface area contributed by atoms with Gasteiger partial charge in [0.15, 0.2) is 11.6 Å². The summed E-state index contributed by atoms with van der Waals surface area (Å²) in [6.07, 6.45) is 3.63. The standard InChI is InChI=1S/C24H19F3O6/c1-14(2)23(28)32-9-7-30-16-5-6-17(19(25)11-16)18-12-21(27)22(13-20(18)26)31-8-10-33-24(29)15(3)4/h5-13H,1,3H2,2,4H3/b9-7-,10-8-. The third-order valence-electron chi connectivity index (χ3n) is 3.81. The molecule has 0 aliphatic heterocycles. The molecule has 0 saturated carbocycles. The maximum Gasteiger partial charge on any atom is 0.338 e. The maximum atomic E-state index is 14.5. The monoisotopic (exact) mass is 460 g/mol. The molecule has 2 rings (SSSR count). The second-order valence-electron chi connectivity index (χ2n) is 6.56. The van der Waals surface area contributed by atoms with Crippen molar-refractivity contribution in [3.8, 4) is 22.6 Å². The average molecular weight is 460 g/mol. The van der Waals surface area contributed by atoms with Crippen LogP contribution in [0.25, 0.3) is 11.1 Å². The van der Waals surface area contributed by atoms with E-state index in [9.17, 15) is 22.8 Å². The fourth-order valence-electron chi connectivity index (χ4n) is 2.20. The quantitative estimate of drug-likeness (QED) is 0.271. The first kappa shape index (κ1) is 25.0. The molecule has 0 fully saturated rings. The van der Waals surface area contributed by atoms with Crippen molar-refractivity contribution in [3.05, 3.63) is 97.1 Å². The minimum Gasteiger partial charge on any atom is -0.462 e. The highest BCUT2D eigenvalue weighted by Crippen LogP contribution is 2.32. The zero-order chi connectivity index (χ0) is 24.5. The van der Waals surface area contributed by atoms with Gasteiger partial charge in [0, 0.05) is 34.4 Å². The molecule has 0 amide bonds. The Morgan fingerprint density at radius 3 is 1.82 bits per heavy atom. The molecule has 33 heavy (non-hydrogen) atoms. The predicted molar refractivity (Wildman–Crippen MR) is 113 cm³/mol. The van der Waals surface area contributed by atoms with Gasteiger partial charge in [-0.3, -0.25) is 0 Å². The summed E-state index contributed by atoms with van der Waals surface area (Å²) in [5, 5.41) is 0. The average Bonchev–Trinajstić information content (AvgIpc) is 2.76. The second-order valence-corrected chi connectivity index (χ2v) is 6.56. The number of carbonyl (C=O) groups is 2. The summed E-state index contributed by atoms with van der Waals surface area (Å²) in [4.78, 5) is 22.5. The van der Waals surface area contributed by atoms with E-state index in [-0.39, 0.29) is 28.0 Å². The summed E-state index contributed by atoms with van der Waals surface area (Å²) >= 11 is 0. The summed E-state index contributed by atoms with van der Waals surface area (Å²) in [6.45, 7) is 9.68. The van der Waals surface area contributed by atoms with E-state index in [2.05, 4.69) is 22.6 Å². The molecule has 0 spiro atoms. The van der Waals surface area contributed by atoms with Gasteiger partial charge in [-0.15, -0.1) is 0 Å². The molecule has 0 N–H and O–H groups in total. The summed E-state index contributed by atoms with van der Waals surface area (Å²) in [5.74, 6) is -4.70. The Labute approximate surface area is 187 Å². The van der Waals surface area contributed by atoms with Crippen LogP contribution < -0.4 is 9.47 Å². The number of hydrogen-bond acceptors (Lipinski definition) is 6. The first-order valence-corrected chi connectivity index (χ1v) is 9.25. The van der Waals surface area contributed by atoms with Gasteiger partial charge in [-0.2, -0.15) is 0 Å². The molecule has 0 heterocycles. The lowest BCUT2D eigenvalue weighted by atomic mass is 10.0. The molecule has 0 unspecified atom stereocenters. The number of benzene rings is 2. The fourth-order valence-corrected chi connectivity index (χ4v) is 2.20. The summed E-state index contributed by atoms with van der Waals surface area (Å²) in [6, 6.07) is 4.92. The molecule has 0 aliphatic carbocycles. The van der Waals surface area contributed by atoms with Gasteiger partial charge in [0.05, 0.1) is 0 Å². The van der Waals surface area contributed by atoms with Gasteiger partial charge < -0.3 is 18.9 Å². The van der Waals surface area contributed by atoms with Gasteiger partial charge in [-0.1, -0.05) is 13.2 Å². The Morgan fingerprint density at radius 1 is 0.727 bits per heavy atom. The van der Waals surface area contributed by atoms with Crippen LogP contribution in [0.3, 0.4) is 0 Å². The lowest BCUT2D eigenvalue weighted by molar-refractivity contribution is -0.134. The second kappa shape index (κ2) is 11.4. The van der Waals surface area contributed by atoms with E-state index in [1.54, 1.807) is 0 Å². The van der Waals surface area contributed by atoms with E-state index in [1.165, 1.54) is 26.0 Å². The number of carbonyl (C=O) groups excluding carboxylic acids is 2. The van der Waals surface area contributed by atoms with Crippen molar-refractivity contribution in [1.29, 1.82) is 0 Å². The van der Waals surface area contributed by atoms with Crippen molar-refractivity contribution in [3.63, 3.8) is 0 Å². The molecule has 0 aromatic heterocycles. The summed E-state index contributed by atoms with van der Waals surface area (Å²) in [5.41, 5.74) is -0.258. The lowest BCUT2D eigenvalue weighted by Gasteiger charge is -2.10. The fraction of sp³-hybridized carbons (Fsp3) is 0.0833. The van der Waals surface area contributed by atoms with Crippen LogP contribution in [0.15, 0.2) is 79.7 Å². The SMILES string of the molecule is C=C(C)C(=O)O/C=C\Oc1ccc(-c2cc(F)c(O/C=C\OC(=O)C(=C)C)cc2F)c(F)c1. The molecular formula is C24H19F3O6. The van der Waals surface area contributed by atoms with Crippen LogP contribution in [0.4, 0.5) is 13.2 Å². The van der Waals surface area contributed by atoms with Crippen LogP contribution in [-0.2, 0) is 19.1 Å². The minimum atomic E-state index is -0.982. The highest BCUT2D eigenvalue weighted by Gasteiger charge is 2.16. The number of halogens is 3. The normalized spacial score (nSPS) is 10.8. The highest BCUT2D eigenvalue weighted by molar-refractivity contribution is 5.87. The van der Waals surface area contributed by atoms with Crippen molar-refractivity contribution in [1.82, 2.24) is 0 Å². The largest absolute Gasteiger partial charge is 0.462 e. The first-order valence-electron chi connectivity index (χ1n) is 9.25. The molecule has 2 aromatic rings. The van der Waals surface area contributed by atoms with Gasteiger partial charge in [0.1, 0.15) is 42.4 Å². The van der Waals surface area contributed by atoms with Gasteiger partial charge in [-0.05, 0) is 32.0 Å². The van der Waals surface area contributed by atoms with Crippen molar-refractivity contribution < 1.29 is 41.7 Å². The molecule has 9 heteroatoms. The van der Waals surface area contributed by atoms with Crippen LogP contribution in [0.5, 0.6) is 11.5 Å². The van der Waals surface area contributed by atoms with E-state index in [0.717, 1.165) is 43.2 Å². The Hall–Kier alpha value is -4.27. The van der Waals surface area contributed by atoms with E-state index in [0.29, 0.717) is 0 Å². The molecule has 0 radical (unpaired) electrons. The van der Waals surface area contributed by atoms with E-state index < -0.39 is 35.1 Å². The minimum absolute atomic E-state index is 0.0224. The Morgan fingerprint density at radius 2 is 1.27 bits per heavy atom. The van der Waals surface area contributed by atoms with Crippen molar-refractivity contribution >= 4 is 11.9 Å². The van der Waals surface area contributed by atoms with E-state index in [1.807, 2.05) is 0 Å². The Kier molecular flexibility index (Phi) is 8.62. The molecule has 2 aromatic carbocycles. The number of hydrogen-bond donors (Lipinski definition) is 0. The smallest absolute Gasteiger partial charge is 0.338 e. The third-order valence-corrected chi connectivity index (χ3v) is 3.81. The van der Waals surface area contributed by atoms with Gasteiger partial charge in [0.25, 0.3) is 0 Å². The topological polar surface area (TPSA) is 71.1 Å². The summed E-state index contributed by atoms with van der Waals surface area (Å²) in [7, 11) is 0. The maximum absolute atomic E-state index is 14.5. The van der Waals surface area contributed by atoms with Crippen LogP contribution in [0.1, 0.15) is 13.8 Å². The molecular weight excluding hydrogens is 441 g/mol. The van der Waals surface area contributed by atoms with Gasteiger partial charge in [-0.25, -0.2) is 22.8 Å². The van der Waals surface area contributed by atoms with Crippen LogP contribution in [0, 0.1) is 17.5 Å². The van der Waals surface area contributed by atoms with Crippen LogP contribution in [0.2, 0.25) is 0 Å². The number of rotatable bonds is 9. The third kappa shape index (κ3) is 7.13. The van der Waals surface area contributed by atoms with Crippen molar-refractivity contribution in [2.24, 2.45) is 0 Å². The van der Waals surface area contributed by atoms with Crippen molar-refractivity contribution in [2.45, 2.75) is 13.8 Å². The van der Waals surface area contributed by atoms with Crippen LogP contribution >= 0.6 is 0 Å². The van der Waals surface area contributed by atoms with E-state index in [4.69, 9.17) is 9.47 Å². The summed E-state index contributed by atoms with van der Waals surface area (Å²) < 4.78 is 62.6. The zero-order valence-electron chi connectivity index (χ0n) is 17.7.